The zero-order valence-electron chi connectivity index (χ0n) is 14.1. The lowest BCUT2D eigenvalue weighted by atomic mass is 10.1. The predicted octanol–water partition coefficient (Wildman–Crippen LogP) is 1.67. The van der Waals surface area contributed by atoms with Gasteiger partial charge in [0, 0.05) is 31.7 Å². The summed E-state index contributed by atoms with van der Waals surface area (Å²) in [5, 5.41) is 10.1. The van der Waals surface area contributed by atoms with E-state index >= 15 is 0 Å². The Morgan fingerprint density at radius 3 is 2.75 bits per heavy atom. The van der Waals surface area contributed by atoms with E-state index in [9.17, 15) is 9.59 Å². The number of benzene rings is 1. The van der Waals surface area contributed by atoms with E-state index in [0.29, 0.717) is 13.0 Å². The van der Waals surface area contributed by atoms with Crippen molar-refractivity contribution in [1.82, 2.24) is 19.7 Å². The summed E-state index contributed by atoms with van der Waals surface area (Å²) < 4.78 is 3.07. The van der Waals surface area contributed by atoms with Crippen LogP contribution in [0.2, 0.25) is 0 Å². The topological polar surface area (TPSA) is 81.0 Å². The molecule has 24 heavy (non-hydrogen) atoms. The third kappa shape index (κ3) is 3.50. The van der Waals surface area contributed by atoms with Gasteiger partial charge in [-0.15, -0.1) is 0 Å². The quantitative estimate of drug-likeness (QED) is 0.899. The number of carbonyl (C=O) groups is 1. The Hall–Kier alpha value is -2.57. The molecule has 2 N–H and O–H groups in total. The summed E-state index contributed by atoms with van der Waals surface area (Å²) >= 11 is 0. The number of hydrogen-bond acceptors (Lipinski definition) is 3. The van der Waals surface area contributed by atoms with E-state index in [1.807, 2.05) is 24.3 Å². The van der Waals surface area contributed by atoms with Crippen LogP contribution in [0.3, 0.4) is 0 Å². The van der Waals surface area contributed by atoms with Crippen LogP contribution in [0.25, 0.3) is 0 Å². The number of hydrogen-bond donors (Lipinski definition) is 2. The highest BCUT2D eigenvalue weighted by molar-refractivity contribution is 5.89. The second-order valence-electron chi connectivity index (χ2n) is 6.15. The molecule has 0 saturated heterocycles. The first-order valence-electron chi connectivity index (χ1n) is 8.36. The summed E-state index contributed by atoms with van der Waals surface area (Å²) in [7, 11) is 1.66. The molecule has 0 spiro atoms. The molecule has 1 aliphatic rings. The van der Waals surface area contributed by atoms with Crippen molar-refractivity contribution in [3.63, 3.8) is 0 Å². The fraction of sp³-hybridized carbons (Fsp3) is 0.471. The molecule has 0 radical (unpaired) electrons. The Bertz CT molecular complexity index is 775. The van der Waals surface area contributed by atoms with Gasteiger partial charge in [0.2, 0.25) is 0 Å². The van der Waals surface area contributed by atoms with E-state index in [4.69, 9.17) is 0 Å². The molecule has 1 aromatic heterocycles. The van der Waals surface area contributed by atoms with Gasteiger partial charge in [0.05, 0.1) is 0 Å². The van der Waals surface area contributed by atoms with Crippen LogP contribution in [0, 0.1) is 0 Å². The van der Waals surface area contributed by atoms with E-state index in [2.05, 4.69) is 22.7 Å². The summed E-state index contributed by atoms with van der Waals surface area (Å²) in [6.45, 7) is 2.68. The second kappa shape index (κ2) is 6.90. The molecule has 1 atom stereocenters. The van der Waals surface area contributed by atoms with Crippen LogP contribution in [0.5, 0.6) is 0 Å². The first-order valence-corrected chi connectivity index (χ1v) is 8.36. The van der Waals surface area contributed by atoms with Gasteiger partial charge in [-0.3, -0.25) is 4.57 Å². The van der Waals surface area contributed by atoms with Crippen LogP contribution in [0.4, 0.5) is 10.5 Å². The van der Waals surface area contributed by atoms with Crippen molar-refractivity contribution in [2.24, 2.45) is 7.05 Å². The van der Waals surface area contributed by atoms with E-state index in [-0.39, 0.29) is 17.8 Å². The molecule has 1 aliphatic heterocycles. The largest absolute Gasteiger partial charge is 0.345 e. The number of fused-ring (bicyclic) bond motifs is 1. The Labute approximate surface area is 140 Å². The highest BCUT2D eigenvalue weighted by atomic mass is 16.2. The molecule has 2 aromatic rings. The molecule has 0 aliphatic carbocycles. The highest BCUT2D eigenvalue weighted by Crippen LogP contribution is 2.13. The normalized spacial score (nSPS) is 17.0. The standard InChI is InChI=1S/C17H23N5O2/c1-3-12-4-6-13(7-5-12)18-16(23)19-14-8-9-15-20-21(2)17(24)22(15)11-10-14/h4-7,14H,3,8-11H2,1-2H3,(H2,18,19,23). The fourth-order valence-electron chi connectivity index (χ4n) is 3.02. The van der Waals surface area contributed by atoms with E-state index in [1.54, 1.807) is 11.6 Å². The molecule has 7 heteroatoms. The predicted molar refractivity (Wildman–Crippen MR) is 92.2 cm³/mol. The van der Waals surface area contributed by atoms with Gasteiger partial charge in [-0.1, -0.05) is 19.1 Å². The van der Waals surface area contributed by atoms with Crippen molar-refractivity contribution in [3.05, 3.63) is 46.1 Å². The number of aryl methyl sites for hydroxylation is 3. The number of anilines is 1. The van der Waals surface area contributed by atoms with E-state index in [0.717, 1.165) is 30.8 Å². The van der Waals surface area contributed by atoms with E-state index in [1.165, 1.54) is 10.2 Å². The number of rotatable bonds is 3. The summed E-state index contributed by atoms with van der Waals surface area (Å²) in [5.74, 6) is 0.794. The Morgan fingerprint density at radius 2 is 2.04 bits per heavy atom. The molecule has 1 aromatic carbocycles. The Balaban J connectivity index is 1.56. The van der Waals surface area contributed by atoms with Gasteiger partial charge in [0.15, 0.2) is 0 Å². The third-order valence-corrected chi connectivity index (χ3v) is 4.46. The van der Waals surface area contributed by atoms with Gasteiger partial charge < -0.3 is 10.6 Å². The Kier molecular flexibility index (Phi) is 4.69. The molecule has 2 heterocycles. The smallest absolute Gasteiger partial charge is 0.335 e. The van der Waals surface area contributed by atoms with E-state index < -0.39 is 0 Å². The van der Waals surface area contributed by atoms with Crippen molar-refractivity contribution in [1.29, 1.82) is 0 Å². The maximum Gasteiger partial charge on any atom is 0.345 e. The summed E-state index contributed by atoms with van der Waals surface area (Å²) in [6, 6.07) is 7.66. The molecule has 0 saturated carbocycles. The molecular formula is C17H23N5O2. The van der Waals surface area contributed by atoms with Gasteiger partial charge in [0.25, 0.3) is 0 Å². The molecule has 7 nitrogen and oxygen atoms in total. The number of nitrogens with one attached hydrogen (secondary N) is 2. The minimum atomic E-state index is -0.211. The van der Waals surface area contributed by atoms with Crippen LogP contribution < -0.4 is 16.3 Å². The van der Waals surface area contributed by atoms with Crippen molar-refractivity contribution < 1.29 is 4.79 Å². The average molecular weight is 329 g/mol. The number of nitrogens with zero attached hydrogens (tertiary/aromatic N) is 3. The lowest BCUT2D eigenvalue weighted by Gasteiger charge is -2.16. The van der Waals surface area contributed by atoms with Crippen LogP contribution in [0.1, 0.15) is 31.2 Å². The van der Waals surface area contributed by atoms with Crippen molar-refractivity contribution in [2.45, 2.75) is 45.2 Å². The molecule has 128 valence electrons. The monoisotopic (exact) mass is 329 g/mol. The zero-order valence-corrected chi connectivity index (χ0v) is 14.1. The lowest BCUT2D eigenvalue weighted by molar-refractivity contribution is 0.247. The molecule has 3 rings (SSSR count). The number of amides is 2. The minimum absolute atomic E-state index is 0.0336. The summed E-state index contributed by atoms with van der Waals surface area (Å²) in [4.78, 5) is 24.1. The maximum atomic E-state index is 12.2. The number of urea groups is 1. The molecule has 1 unspecified atom stereocenters. The van der Waals surface area contributed by atoms with Gasteiger partial charge >= 0.3 is 11.7 Å². The molecule has 0 bridgehead atoms. The molecule has 0 fully saturated rings. The maximum absolute atomic E-state index is 12.2. The van der Waals surface area contributed by atoms with Gasteiger partial charge in [-0.05, 0) is 37.0 Å². The van der Waals surface area contributed by atoms with Crippen molar-refractivity contribution in [2.75, 3.05) is 5.32 Å². The molecule has 2 amide bonds. The summed E-state index contributed by atoms with van der Waals surface area (Å²) in [6.07, 6.45) is 3.16. The third-order valence-electron chi connectivity index (χ3n) is 4.46. The first-order chi connectivity index (χ1) is 11.6. The van der Waals surface area contributed by atoms with Gasteiger partial charge in [-0.2, -0.15) is 5.10 Å². The Morgan fingerprint density at radius 1 is 1.29 bits per heavy atom. The first kappa shape index (κ1) is 16.3. The SMILES string of the molecule is CCc1ccc(NC(=O)NC2CCc3nn(C)c(=O)n3CC2)cc1. The molecular weight excluding hydrogens is 306 g/mol. The number of aromatic nitrogens is 3. The van der Waals surface area contributed by atoms with Crippen LogP contribution in [0.15, 0.2) is 29.1 Å². The lowest BCUT2D eigenvalue weighted by Crippen LogP contribution is -2.38. The second-order valence-corrected chi connectivity index (χ2v) is 6.15. The zero-order chi connectivity index (χ0) is 17.1. The fourth-order valence-corrected chi connectivity index (χ4v) is 3.02. The van der Waals surface area contributed by atoms with Crippen molar-refractivity contribution in [3.8, 4) is 0 Å². The summed E-state index contributed by atoms with van der Waals surface area (Å²) in [5.41, 5.74) is 1.92. The van der Waals surface area contributed by atoms with Gasteiger partial charge in [0.1, 0.15) is 5.82 Å². The number of carbonyl (C=O) groups excluding carboxylic acids is 1. The highest BCUT2D eigenvalue weighted by Gasteiger charge is 2.21. The van der Waals surface area contributed by atoms with Crippen LogP contribution >= 0.6 is 0 Å². The van der Waals surface area contributed by atoms with Crippen molar-refractivity contribution >= 4 is 11.7 Å². The average Bonchev–Trinajstić information content (AvgIpc) is 2.73. The van der Waals surface area contributed by atoms with Crippen LogP contribution in [-0.4, -0.2) is 26.4 Å². The minimum Gasteiger partial charge on any atom is -0.335 e. The van der Waals surface area contributed by atoms with Gasteiger partial charge in [-0.25, -0.2) is 14.3 Å². The van der Waals surface area contributed by atoms with Crippen LogP contribution in [-0.2, 0) is 26.4 Å².